The molecule has 0 saturated heterocycles. The molecule has 4 rings (SSSR count). The number of halogens is 1. The summed E-state index contributed by atoms with van der Waals surface area (Å²) in [4.78, 5) is 24.1. The van der Waals surface area contributed by atoms with Gasteiger partial charge in [0.2, 0.25) is 5.76 Å². The molecule has 0 aliphatic heterocycles. The van der Waals surface area contributed by atoms with Gasteiger partial charge in [0, 0.05) is 27.4 Å². The maximum Gasteiger partial charge on any atom is 0.374 e. The quantitative estimate of drug-likeness (QED) is 0.381. The number of aryl methyl sites for hydroxylation is 1. The molecule has 0 N–H and O–H groups in total. The van der Waals surface area contributed by atoms with Crippen LogP contribution in [0.1, 0.15) is 21.7 Å². The van der Waals surface area contributed by atoms with E-state index in [-0.39, 0.29) is 12.4 Å². The van der Waals surface area contributed by atoms with Crippen LogP contribution in [0, 0.1) is 6.92 Å². The molecule has 0 radical (unpaired) electrons. The van der Waals surface area contributed by atoms with Crippen molar-refractivity contribution < 1.29 is 18.4 Å². The van der Waals surface area contributed by atoms with Crippen molar-refractivity contribution in [3.63, 3.8) is 0 Å². The van der Waals surface area contributed by atoms with Crippen molar-refractivity contribution >= 4 is 39.5 Å². The van der Waals surface area contributed by atoms with Crippen LogP contribution >= 0.6 is 11.6 Å². The van der Waals surface area contributed by atoms with Gasteiger partial charge in [-0.05, 0) is 36.8 Å². The molecule has 2 aromatic heterocycles. The Hall–Kier alpha value is -3.05. The van der Waals surface area contributed by atoms with E-state index in [1.807, 2.05) is 25.1 Å². The van der Waals surface area contributed by atoms with E-state index in [0.717, 1.165) is 10.9 Å². The molecular formula is C20H13ClO5. The molecule has 5 nitrogen and oxygen atoms in total. The number of ether oxygens (including phenoxy) is 1. The molecule has 0 saturated carbocycles. The second-order valence-corrected chi connectivity index (χ2v) is 6.32. The maximum absolute atomic E-state index is 12.3. The first kappa shape index (κ1) is 16.4. The van der Waals surface area contributed by atoms with Gasteiger partial charge in [-0.3, -0.25) is 0 Å². The van der Waals surface area contributed by atoms with Crippen molar-refractivity contribution in [3.05, 3.63) is 80.9 Å². The number of para-hydroxylation sites is 1. The molecule has 26 heavy (non-hydrogen) atoms. The lowest BCUT2D eigenvalue weighted by Crippen LogP contribution is -2.07. The van der Waals surface area contributed by atoms with Gasteiger partial charge in [0.05, 0.1) is 0 Å². The molecule has 0 aliphatic carbocycles. The molecule has 4 aromatic rings. The summed E-state index contributed by atoms with van der Waals surface area (Å²) < 4.78 is 16.0. The highest BCUT2D eigenvalue weighted by Gasteiger charge is 2.15. The zero-order chi connectivity index (χ0) is 18.3. The number of hydrogen-bond donors (Lipinski definition) is 0. The summed E-state index contributed by atoms with van der Waals surface area (Å²) in [6.07, 6.45) is 0. The first-order valence-electron chi connectivity index (χ1n) is 7.90. The Bertz CT molecular complexity index is 1170. The summed E-state index contributed by atoms with van der Waals surface area (Å²) in [6, 6.07) is 13.6. The summed E-state index contributed by atoms with van der Waals surface area (Å²) in [7, 11) is 0. The van der Waals surface area contributed by atoms with Crippen LogP contribution in [0.3, 0.4) is 0 Å². The average molecular weight is 369 g/mol. The minimum Gasteiger partial charge on any atom is -0.455 e. The van der Waals surface area contributed by atoms with Crippen LogP contribution in [0.15, 0.2) is 62.2 Å². The summed E-state index contributed by atoms with van der Waals surface area (Å²) in [5.41, 5.74) is 1.79. The molecule has 0 unspecified atom stereocenters. The van der Waals surface area contributed by atoms with Crippen molar-refractivity contribution in [2.45, 2.75) is 13.5 Å². The molecule has 6 heteroatoms. The van der Waals surface area contributed by atoms with Crippen molar-refractivity contribution in [1.29, 1.82) is 0 Å². The fraction of sp³-hybridized carbons (Fsp3) is 0.100. The van der Waals surface area contributed by atoms with Crippen LogP contribution in [0.4, 0.5) is 0 Å². The standard InChI is InChI=1S/C20H13ClO5/c1-11-6-17-14(9-15(11)21)13(8-19(22)26-17)10-24-20(23)18-7-12-4-2-3-5-16(12)25-18/h2-9H,10H2,1H3. The van der Waals surface area contributed by atoms with E-state index in [9.17, 15) is 9.59 Å². The van der Waals surface area contributed by atoms with E-state index in [0.29, 0.717) is 27.1 Å². The lowest BCUT2D eigenvalue weighted by molar-refractivity contribution is 0.0440. The second-order valence-electron chi connectivity index (χ2n) is 5.91. The van der Waals surface area contributed by atoms with Crippen molar-refractivity contribution in [1.82, 2.24) is 0 Å². The van der Waals surface area contributed by atoms with Crippen molar-refractivity contribution in [3.8, 4) is 0 Å². The summed E-state index contributed by atoms with van der Waals surface area (Å²) in [5, 5.41) is 1.97. The Morgan fingerprint density at radius 2 is 1.88 bits per heavy atom. The average Bonchev–Trinajstić information content (AvgIpc) is 3.05. The molecule has 130 valence electrons. The number of rotatable bonds is 3. The van der Waals surface area contributed by atoms with Crippen LogP contribution in [0.2, 0.25) is 5.02 Å². The normalized spacial score (nSPS) is 11.2. The lowest BCUT2D eigenvalue weighted by Gasteiger charge is -2.07. The lowest BCUT2D eigenvalue weighted by atomic mass is 10.1. The van der Waals surface area contributed by atoms with E-state index >= 15 is 0 Å². The highest BCUT2D eigenvalue weighted by atomic mass is 35.5. The smallest absolute Gasteiger partial charge is 0.374 e. The SMILES string of the molecule is Cc1cc2oc(=O)cc(COC(=O)c3cc4ccccc4o3)c2cc1Cl. The second kappa shape index (κ2) is 6.35. The molecule has 0 fully saturated rings. The minimum atomic E-state index is -0.610. The zero-order valence-corrected chi connectivity index (χ0v) is 14.5. The van der Waals surface area contributed by atoms with Gasteiger partial charge in [-0.2, -0.15) is 0 Å². The zero-order valence-electron chi connectivity index (χ0n) is 13.7. The highest BCUT2D eigenvalue weighted by molar-refractivity contribution is 6.32. The summed E-state index contributed by atoms with van der Waals surface area (Å²) >= 11 is 6.16. The van der Waals surface area contributed by atoms with Gasteiger partial charge in [-0.1, -0.05) is 29.8 Å². The number of benzene rings is 2. The number of carbonyl (C=O) groups excluding carboxylic acids is 1. The Balaban J connectivity index is 1.64. The first-order valence-corrected chi connectivity index (χ1v) is 8.27. The molecule has 0 spiro atoms. The third-order valence-electron chi connectivity index (χ3n) is 4.09. The van der Waals surface area contributed by atoms with E-state index in [1.165, 1.54) is 6.07 Å². The molecular weight excluding hydrogens is 356 g/mol. The topological polar surface area (TPSA) is 69.7 Å². The monoisotopic (exact) mass is 368 g/mol. The minimum absolute atomic E-state index is 0.0998. The molecule has 2 aromatic carbocycles. The largest absolute Gasteiger partial charge is 0.455 e. The van der Waals surface area contributed by atoms with Gasteiger partial charge in [-0.15, -0.1) is 0 Å². The first-order chi connectivity index (χ1) is 12.5. The Labute approximate surface area is 152 Å². The Morgan fingerprint density at radius 3 is 2.69 bits per heavy atom. The number of hydrogen-bond acceptors (Lipinski definition) is 5. The maximum atomic E-state index is 12.3. The van der Waals surface area contributed by atoms with Gasteiger partial charge < -0.3 is 13.6 Å². The molecule has 0 amide bonds. The van der Waals surface area contributed by atoms with Crippen LogP contribution in [-0.4, -0.2) is 5.97 Å². The molecule has 0 bridgehead atoms. The van der Waals surface area contributed by atoms with E-state index < -0.39 is 11.6 Å². The van der Waals surface area contributed by atoms with Crippen LogP contribution < -0.4 is 5.63 Å². The van der Waals surface area contributed by atoms with Gasteiger partial charge in [0.1, 0.15) is 17.8 Å². The van der Waals surface area contributed by atoms with Gasteiger partial charge in [-0.25, -0.2) is 9.59 Å². The van der Waals surface area contributed by atoms with Crippen molar-refractivity contribution in [2.75, 3.05) is 0 Å². The molecule has 2 heterocycles. The number of carbonyl (C=O) groups is 1. The van der Waals surface area contributed by atoms with Crippen LogP contribution in [-0.2, 0) is 11.3 Å². The highest BCUT2D eigenvalue weighted by Crippen LogP contribution is 2.26. The Morgan fingerprint density at radius 1 is 1.08 bits per heavy atom. The summed E-state index contributed by atoms with van der Waals surface area (Å²) in [6.45, 7) is 1.72. The third kappa shape index (κ3) is 2.97. The van der Waals surface area contributed by atoms with Gasteiger partial charge >= 0.3 is 11.6 Å². The Kier molecular flexibility index (Phi) is 4.01. The summed E-state index contributed by atoms with van der Waals surface area (Å²) in [5.74, 6) is -0.506. The number of furan rings is 1. The van der Waals surface area contributed by atoms with Gasteiger partial charge in [0.15, 0.2) is 0 Å². The predicted octanol–water partition coefficient (Wildman–Crippen LogP) is 4.86. The van der Waals surface area contributed by atoms with Gasteiger partial charge in [0.25, 0.3) is 0 Å². The predicted molar refractivity (Wildman–Crippen MR) is 97.6 cm³/mol. The fourth-order valence-electron chi connectivity index (χ4n) is 2.76. The van der Waals surface area contributed by atoms with Crippen LogP contribution in [0.25, 0.3) is 21.9 Å². The van der Waals surface area contributed by atoms with E-state index in [4.69, 9.17) is 25.2 Å². The third-order valence-corrected chi connectivity index (χ3v) is 4.50. The van der Waals surface area contributed by atoms with Crippen molar-refractivity contribution in [2.24, 2.45) is 0 Å². The van der Waals surface area contributed by atoms with E-state index in [2.05, 4.69) is 0 Å². The van der Waals surface area contributed by atoms with E-state index in [1.54, 1.807) is 24.3 Å². The van der Waals surface area contributed by atoms with Crippen LogP contribution in [0.5, 0.6) is 0 Å². The number of fused-ring (bicyclic) bond motifs is 2. The molecule has 0 aliphatic rings. The number of esters is 1. The fourth-order valence-corrected chi connectivity index (χ4v) is 2.93. The molecule has 0 atom stereocenters.